The summed E-state index contributed by atoms with van der Waals surface area (Å²) in [5.74, 6) is 1.46. The lowest BCUT2D eigenvalue weighted by Gasteiger charge is -2.24. The number of hydrogen-bond acceptors (Lipinski definition) is 5. The van der Waals surface area contributed by atoms with Gasteiger partial charge in [0.2, 0.25) is 0 Å². The van der Waals surface area contributed by atoms with Gasteiger partial charge in [0, 0.05) is 30.5 Å². The molecule has 6 rings (SSSR count). The maximum Gasteiger partial charge on any atom is 0.347 e. The molecular formula is C26H23F3N4O2. The number of anilines is 1. The van der Waals surface area contributed by atoms with Crippen molar-refractivity contribution in [3.05, 3.63) is 74.5 Å². The van der Waals surface area contributed by atoms with Gasteiger partial charge in [0.1, 0.15) is 17.7 Å². The molecule has 9 heteroatoms. The molecule has 180 valence electrons. The molecule has 3 N–H and O–H groups in total. The summed E-state index contributed by atoms with van der Waals surface area (Å²) in [5.41, 5.74) is 3.23. The molecule has 3 aliphatic rings. The zero-order valence-electron chi connectivity index (χ0n) is 18.9. The number of H-pyrrole nitrogens is 1. The van der Waals surface area contributed by atoms with Gasteiger partial charge in [0.15, 0.2) is 0 Å². The minimum absolute atomic E-state index is 0.0782. The van der Waals surface area contributed by atoms with Crippen LogP contribution in [0.3, 0.4) is 0 Å². The van der Waals surface area contributed by atoms with E-state index in [9.17, 15) is 18.0 Å². The second-order valence-electron chi connectivity index (χ2n) is 8.75. The Morgan fingerprint density at radius 2 is 2.09 bits per heavy atom. The normalized spacial score (nSPS) is 18.6. The van der Waals surface area contributed by atoms with E-state index in [4.69, 9.17) is 11.2 Å². The zero-order chi connectivity index (χ0) is 24.7. The lowest BCUT2D eigenvalue weighted by atomic mass is 9.91. The number of rotatable bonds is 5. The number of terminal acetylenes is 1. The Bertz CT molecular complexity index is 1440. The van der Waals surface area contributed by atoms with Crippen LogP contribution in [0.2, 0.25) is 0 Å². The Balaban J connectivity index is 1.62. The van der Waals surface area contributed by atoms with Crippen LogP contribution in [0.4, 0.5) is 19.0 Å². The van der Waals surface area contributed by atoms with Gasteiger partial charge in [-0.3, -0.25) is 0 Å². The number of nitrogens with zero attached hydrogens (tertiary/aromatic N) is 1. The SMILES string of the molecule is C#C[C@@H](Nc1nc(=O)[nH]c2c(C)cc(C3=C4CNCC(C3)OC4)cc12)c1cccc(C(F)F)c1F. The number of aromatic amines is 1. The first-order valence-corrected chi connectivity index (χ1v) is 11.2. The number of ether oxygens (including phenoxy) is 1. The molecule has 3 aromatic rings. The van der Waals surface area contributed by atoms with Crippen molar-refractivity contribution < 1.29 is 17.9 Å². The molecule has 2 aromatic carbocycles. The summed E-state index contributed by atoms with van der Waals surface area (Å²) in [6, 6.07) is 6.48. The summed E-state index contributed by atoms with van der Waals surface area (Å²) in [6.45, 7) is 3.94. The first-order valence-electron chi connectivity index (χ1n) is 11.2. The molecule has 0 aliphatic carbocycles. The van der Waals surface area contributed by atoms with Crippen LogP contribution in [0.25, 0.3) is 16.5 Å². The molecule has 1 aromatic heterocycles. The van der Waals surface area contributed by atoms with E-state index in [-0.39, 0.29) is 17.5 Å². The molecule has 0 spiro atoms. The van der Waals surface area contributed by atoms with Crippen LogP contribution in [-0.4, -0.2) is 35.8 Å². The van der Waals surface area contributed by atoms with Crippen molar-refractivity contribution in [1.29, 1.82) is 0 Å². The summed E-state index contributed by atoms with van der Waals surface area (Å²) in [6.07, 6.45) is 3.50. The van der Waals surface area contributed by atoms with Crippen molar-refractivity contribution in [3.8, 4) is 12.3 Å². The first-order chi connectivity index (χ1) is 16.9. The minimum Gasteiger partial charge on any atom is -0.372 e. The third-order valence-electron chi connectivity index (χ3n) is 6.50. The molecule has 6 nitrogen and oxygen atoms in total. The maximum absolute atomic E-state index is 14.8. The van der Waals surface area contributed by atoms with Gasteiger partial charge in [-0.25, -0.2) is 18.0 Å². The summed E-state index contributed by atoms with van der Waals surface area (Å²) >= 11 is 0. The van der Waals surface area contributed by atoms with Gasteiger partial charge in [-0.2, -0.15) is 4.98 Å². The lowest BCUT2D eigenvalue weighted by Crippen LogP contribution is -2.25. The molecule has 2 atom stereocenters. The predicted octanol–water partition coefficient (Wildman–Crippen LogP) is 4.24. The van der Waals surface area contributed by atoms with Crippen LogP contribution >= 0.6 is 0 Å². The number of hydrogen-bond donors (Lipinski definition) is 3. The van der Waals surface area contributed by atoms with Gasteiger partial charge < -0.3 is 20.4 Å². The van der Waals surface area contributed by atoms with Gasteiger partial charge in [-0.05, 0) is 41.3 Å². The smallest absolute Gasteiger partial charge is 0.347 e. The van der Waals surface area contributed by atoms with E-state index in [0.717, 1.165) is 42.3 Å². The van der Waals surface area contributed by atoms with Crippen LogP contribution in [0, 0.1) is 25.1 Å². The lowest BCUT2D eigenvalue weighted by molar-refractivity contribution is 0.0765. The second kappa shape index (κ2) is 9.21. The summed E-state index contributed by atoms with van der Waals surface area (Å²) in [5, 5.41) is 6.91. The van der Waals surface area contributed by atoms with E-state index in [1.54, 1.807) is 0 Å². The fourth-order valence-corrected chi connectivity index (χ4v) is 4.76. The predicted molar refractivity (Wildman–Crippen MR) is 128 cm³/mol. The van der Waals surface area contributed by atoms with E-state index in [2.05, 4.69) is 26.5 Å². The molecule has 0 radical (unpaired) electrons. The van der Waals surface area contributed by atoms with Crippen LogP contribution in [0.15, 0.2) is 40.7 Å². The van der Waals surface area contributed by atoms with Crippen molar-refractivity contribution in [1.82, 2.24) is 15.3 Å². The number of benzene rings is 2. The molecule has 1 fully saturated rings. The number of fused-ring (bicyclic) bond motifs is 5. The quantitative estimate of drug-likeness (QED) is 0.476. The Morgan fingerprint density at radius 3 is 2.86 bits per heavy atom. The molecule has 0 amide bonds. The van der Waals surface area contributed by atoms with Crippen LogP contribution < -0.4 is 16.3 Å². The standard InChI is InChI=1S/C26H23F3N4O2/c1-3-21(17-5-4-6-18(22(17)27)24(28)29)31-25-20-8-14(7-13(2)23(20)32-26(34)33-25)19-9-16-11-30-10-15(19)12-35-16/h1,4-8,16,21,24,30H,9-12H2,2H3,(H2,31,32,33,34)/t16?,21-/m1/s1. The molecular weight excluding hydrogens is 457 g/mol. The topological polar surface area (TPSA) is 79.0 Å². The highest BCUT2D eigenvalue weighted by Gasteiger charge is 2.27. The average molecular weight is 480 g/mol. The monoisotopic (exact) mass is 480 g/mol. The Morgan fingerprint density at radius 1 is 1.29 bits per heavy atom. The fourth-order valence-electron chi connectivity index (χ4n) is 4.76. The van der Waals surface area contributed by atoms with E-state index >= 15 is 0 Å². The number of aromatic nitrogens is 2. The van der Waals surface area contributed by atoms with Gasteiger partial charge in [-0.1, -0.05) is 24.1 Å². The van der Waals surface area contributed by atoms with Crippen molar-refractivity contribution in [2.24, 2.45) is 0 Å². The van der Waals surface area contributed by atoms with Gasteiger partial charge in [0.05, 0.1) is 23.8 Å². The van der Waals surface area contributed by atoms with Gasteiger partial charge >= 0.3 is 5.69 Å². The van der Waals surface area contributed by atoms with Crippen molar-refractivity contribution in [2.45, 2.75) is 31.9 Å². The number of alkyl halides is 2. The zero-order valence-corrected chi connectivity index (χ0v) is 18.9. The second-order valence-corrected chi connectivity index (χ2v) is 8.75. The Labute approximate surface area is 199 Å². The maximum atomic E-state index is 14.8. The van der Waals surface area contributed by atoms with Crippen LogP contribution in [-0.2, 0) is 4.74 Å². The summed E-state index contributed by atoms with van der Waals surface area (Å²) in [7, 11) is 0. The molecule has 0 saturated carbocycles. The molecule has 1 unspecified atom stereocenters. The van der Waals surface area contributed by atoms with Gasteiger partial charge in [0.25, 0.3) is 6.43 Å². The largest absolute Gasteiger partial charge is 0.372 e. The van der Waals surface area contributed by atoms with E-state index in [1.807, 2.05) is 19.1 Å². The Kier molecular flexibility index (Phi) is 6.09. The molecule has 3 aliphatic heterocycles. The first kappa shape index (κ1) is 23.1. The minimum atomic E-state index is -2.99. The van der Waals surface area contributed by atoms with Crippen molar-refractivity contribution in [3.63, 3.8) is 0 Å². The third-order valence-corrected chi connectivity index (χ3v) is 6.50. The highest BCUT2D eigenvalue weighted by atomic mass is 19.3. The highest BCUT2D eigenvalue weighted by Crippen LogP contribution is 2.35. The van der Waals surface area contributed by atoms with E-state index in [0.29, 0.717) is 17.5 Å². The molecule has 35 heavy (non-hydrogen) atoms. The third kappa shape index (κ3) is 4.31. The van der Waals surface area contributed by atoms with Crippen LogP contribution in [0.1, 0.15) is 41.1 Å². The summed E-state index contributed by atoms with van der Waals surface area (Å²) < 4.78 is 47.2. The van der Waals surface area contributed by atoms with Crippen molar-refractivity contribution >= 4 is 22.3 Å². The molecule has 2 bridgehead atoms. The Hall–Kier alpha value is -3.61. The van der Waals surface area contributed by atoms with Crippen molar-refractivity contribution in [2.75, 3.05) is 25.0 Å². The van der Waals surface area contributed by atoms with Crippen LogP contribution in [0.5, 0.6) is 0 Å². The van der Waals surface area contributed by atoms with E-state index < -0.39 is 29.5 Å². The summed E-state index contributed by atoms with van der Waals surface area (Å²) in [4.78, 5) is 19.2. The number of halogens is 3. The molecule has 4 heterocycles. The average Bonchev–Trinajstić information content (AvgIpc) is 3.19. The van der Waals surface area contributed by atoms with Gasteiger partial charge in [-0.15, -0.1) is 6.42 Å². The molecule has 1 saturated heterocycles. The fraction of sp³-hybridized carbons (Fsp3) is 0.308. The van der Waals surface area contributed by atoms with E-state index in [1.165, 1.54) is 17.7 Å². The number of aryl methyl sites for hydroxylation is 1. The number of nitrogens with one attached hydrogen (secondary N) is 3. The highest BCUT2D eigenvalue weighted by molar-refractivity contribution is 5.94.